The molecule has 2 N–H and O–H groups in total. The SMILES string of the molecule is COc1cccc(C(F)(CN)C2CC2)c1. The van der Waals surface area contributed by atoms with Gasteiger partial charge in [0.25, 0.3) is 0 Å². The molecular weight excluding hydrogens is 193 g/mol. The summed E-state index contributed by atoms with van der Waals surface area (Å²) in [7, 11) is 1.58. The topological polar surface area (TPSA) is 35.2 Å². The maximum absolute atomic E-state index is 14.6. The Balaban J connectivity index is 2.33. The fraction of sp³-hybridized carbons (Fsp3) is 0.500. The molecule has 0 radical (unpaired) electrons. The Kier molecular flexibility index (Phi) is 2.65. The summed E-state index contributed by atoms with van der Waals surface area (Å²) in [5, 5.41) is 0. The van der Waals surface area contributed by atoms with E-state index in [0.29, 0.717) is 11.3 Å². The molecule has 0 aliphatic heterocycles. The summed E-state index contributed by atoms with van der Waals surface area (Å²) >= 11 is 0. The Hall–Kier alpha value is -1.09. The maximum Gasteiger partial charge on any atom is 0.151 e. The molecule has 1 aliphatic rings. The van der Waals surface area contributed by atoms with Gasteiger partial charge in [-0.1, -0.05) is 12.1 Å². The Bertz CT molecular complexity index is 351. The van der Waals surface area contributed by atoms with E-state index < -0.39 is 5.67 Å². The van der Waals surface area contributed by atoms with E-state index in [1.54, 1.807) is 25.3 Å². The Morgan fingerprint density at radius 2 is 2.27 bits per heavy atom. The van der Waals surface area contributed by atoms with Crippen LogP contribution in [0.4, 0.5) is 4.39 Å². The lowest BCUT2D eigenvalue weighted by atomic mass is 9.91. The normalized spacial score (nSPS) is 19.7. The molecule has 0 spiro atoms. The van der Waals surface area contributed by atoms with Crippen LogP contribution in [-0.2, 0) is 5.67 Å². The van der Waals surface area contributed by atoms with Crippen molar-refractivity contribution in [1.82, 2.24) is 0 Å². The minimum absolute atomic E-state index is 0.0465. The van der Waals surface area contributed by atoms with Gasteiger partial charge < -0.3 is 10.5 Å². The van der Waals surface area contributed by atoms with Crippen molar-refractivity contribution in [2.24, 2.45) is 11.7 Å². The molecule has 0 saturated heterocycles. The molecule has 1 saturated carbocycles. The number of benzene rings is 1. The molecule has 1 unspecified atom stereocenters. The van der Waals surface area contributed by atoms with Crippen LogP contribution in [0, 0.1) is 5.92 Å². The number of methoxy groups -OCH3 is 1. The van der Waals surface area contributed by atoms with E-state index >= 15 is 0 Å². The van der Waals surface area contributed by atoms with Gasteiger partial charge in [-0.2, -0.15) is 0 Å². The molecule has 1 fully saturated rings. The first-order valence-corrected chi connectivity index (χ1v) is 5.24. The molecule has 3 heteroatoms. The van der Waals surface area contributed by atoms with E-state index in [1.807, 2.05) is 6.07 Å². The average Bonchev–Trinajstić information content (AvgIpc) is 3.12. The second-order valence-corrected chi connectivity index (χ2v) is 4.07. The van der Waals surface area contributed by atoms with E-state index in [0.717, 1.165) is 12.8 Å². The van der Waals surface area contributed by atoms with Gasteiger partial charge in [0.05, 0.1) is 7.11 Å². The van der Waals surface area contributed by atoms with Crippen LogP contribution in [0.15, 0.2) is 24.3 Å². The molecule has 0 aromatic heterocycles. The predicted molar refractivity (Wildman–Crippen MR) is 57.6 cm³/mol. The van der Waals surface area contributed by atoms with Crippen molar-refractivity contribution < 1.29 is 9.13 Å². The van der Waals surface area contributed by atoms with Gasteiger partial charge in [-0.25, -0.2) is 4.39 Å². The van der Waals surface area contributed by atoms with Gasteiger partial charge in [-0.3, -0.25) is 0 Å². The van der Waals surface area contributed by atoms with E-state index in [1.165, 1.54) is 0 Å². The quantitative estimate of drug-likeness (QED) is 0.825. The van der Waals surface area contributed by atoms with Crippen LogP contribution in [0.1, 0.15) is 18.4 Å². The molecule has 2 nitrogen and oxygen atoms in total. The molecule has 1 aromatic carbocycles. The summed E-state index contributed by atoms with van der Waals surface area (Å²) in [5.74, 6) is 0.776. The number of nitrogens with two attached hydrogens (primary N) is 1. The van der Waals surface area contributed by atoms with Crippen LogP contribution in [0.2, 0.25) is 0 Å². The fourth-order valence-electron chi connectivity index (χ4n) is 1.94. The van der Waals surface area contributed by atoms with E-state index in [2.05, 4.69) is 0 Å². The van der Waals surface area contributed by atoms with E-state index in [4.69, 9.17) is 10.5 Å². The maximum atomic E-state index is 14.6. The summed E-state index contributed by atoms with van der Waals surface area (Å²) in [6.45, 7) is 0.0465. The van der Waals surface area contributed by atoms with Gasteiger partial charge in [-0.15, -0.1) is 0 Å². The monoisotopic (exact) mass is 209 g/mol. The molecule has 0 heterocycles. The van der Waals surface area contributed by atoms with E-state index in [-0.39, 0.29) is 12.5 Å². The molecule has 1 aliphatic carbocycles. The third kappa shape index (κ3) is 1.84. The number of halogens is 1. The highest BCUT2D eigenvalue weighted by Gasteiger charge is 2.46. The molecule has 1 aromatic rings. The van der Waals surface area contributed by atoms with Crippen LogP contribution in [-0.4, -0.2) is 13.7 Å². The van der Waals surface area contributed by atoms with Gasteiger partial charge in [0.2, 0.25) is 0 Å². The zero-order valence-corrected chi connectivity index (χ0v) is 8.87. The number of ether oxygens (including phenoxy) is 1. The van der Waals surface area contributed by atoms with Gasteiger partial charge in [-0.05, 0) is 36.5 Å². The Morgan fingerprint density at radius 3 is 2.80 bits per heavy atom. The number of alkyl halides is 1. The van der Waals surface area contributed by atoms with Crippen LogP contribution in [0.3, 0.4) is 0 Å². The molecule has 82 valence electrons. The van der Waals surface area contributed by atoms with Gasteiger partial charge >= 0.3 is 0 Å². The zero-order valence-electron chi connectivity index (χ0n) is 8.87. The lowest BCUT2D eigenvalue weighted by molar-refractivity contribution is 0.142. The Morgan fingerprint density at radius 1 is 1.53 bits per heavy atom. The highest BCUT2D eigenvalue weighted by Crippen LogP contribution is 2.48. The highest BCUT2D eigenvalue weighted by atomic mass is 19.1. The van der Waals surface area contributed by atoms with Crippen molar-refractivity contribution in [3.8, 4) is 5.75 Å². The van der Waals surface area contributed by atoms with Crippen LogP contribution in [0.25, 0.3) is 0 Å². The van der Waals surface area contributed by atoms with Crippen LogP contribution in [0.5, 0.6) is 5.75 Å². The molecule has 1 atom stereocenters. The van der Waals surface area contributed by atoms with Crippen LogP contribution < -0.4 is 10.5 Å². The Labute approximate surface area is 89.2 Å². The fourth-order valence-corrected chi connectivity index (χ4v) is 1.94. The second kappa shape index (κ2) is 3.81. The van der Waals surface area contributed by atoms with Crippen molar-refractivity contribution >= 4 is 0 Å². The average molecular weight is 209 g/mol. The standard InChI is InChI=1S/C12H16FNO/c1-15-11-4-2-3-10(7-11)12(13,8-14)9-5-6-9/h2-4,7,9H,5-6,8,14H2,1H3. The smallest absolute Gasteiger partial charge is 0.151 e. The number of rotatable bonds is 4. The lowest BCUT2D eigenvalue weighted by Gasteiger charge is -2.24. The first kappa shape index (κ1) is 10.4. The van der Waals surface area contributed by atoms with Crippen molar-refractivity contribution in [1.29, 1.82) is 0 Å². The van der Waals surface area contributed by atoms with Gasteiger partial charge in [0, 0.05) is 6.54 Å². The summed E-state index contributed by atoms with van der Waals surface area (Å²) in [6, 6.07) is 7.15. The first-order chi connectivity index (χ1) is 7.20. The minimum Gasteiger partial charge on any atom is -0.497 e. The third-order valence-electron chi connectivity index (χ3n) is 3.07. The van der Waals surface area contributed by atoms with Crippen molar-refractivity contribution in [2.45, 2.75) is 18.5 Å². The summed E-state index contributed by atoms with van der Waals surface area (Å²) in [5.41, 5.74) is 4.83. The molecule has 15 heavy (non-hydrogen) atoms. The molecular formula is C12H16FNO. The summed E-state index contributed by atoms with van der Waals surface area (Å²) in [4.78, 5) is 0. The predicted octanol–water partition coefficient (Wildman–Crippen LogP) is 2.23. The molecule has 0 bridgehead atoms. The third-order valence-corrected chi connectivity index (χ3v) is 3.07. The van der Waals surface area contributed by atoms with E-state index in [9.17, 15) is 4.39 Å². The van der Waals surface area contributed by atoms with Crippen molar-refractivity contribution in [2.75, 3.05) is 13.7 Å². The number of hydrogen-bond acceptors (Lipinski definition) is 2. The summed E-state index contributed by atoms with van der Waals surface area (Å²) in [6.07, 6.45) is 1.87. The largest absolute Gasteiger partial charge is 0.497 e. The van der Waals surface area contributed by atoms with Crippen molar-refractivity contribution in [3.05, 3.63) is 29.8 Å². The van der Waals surface area contributed by atoms with Crippen molar-refractivity contribution in [3.63, 3.8) is 0 Å². The minimum atomic E-state index is -1.37. The summed E-state index contributed by atoms with van der Waals surface area (Å²) < 4.78 is 19.7. The molecule has 0 amide bonds. The zero-order chi connectivity index (χ0) is 10.9. The lowest BCUT2D eigenvalue weighted by Crippen LogP contribution is -2.32. The highest BCUT2D eigenvalue weighted by molar-refractivity contribution is 5.34. The first-order valence-electron chi connectivity index (χ1n) is 5.24. The van der Waals surface area contributed by atoms with Gasteiger partial charge in [0.1, 0.15) is 5.75 Å². The van der Waals surface area contributed by atoms with Gasteiger partial charge in [0.15, 0.2) is 5.67 Å². The van der Waals surface area contributed by atoms with Crippen LogP contribution >= 0.6 is 0 Å². The second-order valence-electron chi connectivity index (χ2n) is 4.07. The number of hydrogen-bond donors (Lipinski definition) is 1. The molecule has 2 rings (SSSR count).